The number of carbonyl (C=O) groups is 2. The Morgan fingerprint density at radius 1 is 0.789 bits per heavy atom. The summed E-state index contributed by atoms with van der Waals surface area (Å²) in [6, 6.07) is 0. The van der Waals surface area contributed by atoms with Gasteiger partial charge in [0, 0.05) is 0 Å². The average molecular weight is 665 g/mol. The van der Waals surface area contributed by atoms with E-state index in [1.807, 2.05) is 0 Å². The van der Waals surface area contributed by atoms with Gasteiger partial charge in [-0.1, -0.05) is 0 Å². The Morgan fingerprint density at radius 2 is 1.11 bits per heavy atom. The molecule has 0 aliphatic heterocycles. The average Bonchev–Trinajstić information content (AvgIpc) is 2.23. The molecule has 0 aliphatic rings. The van der Waals surface area contributed by atoms with Crippen LogP contribution in [0.25, 0.3) is 0 Å². The fourth-order valence-corrected chi connectivity index (χ4v) is 14.9. The van der Waals surface area contributed by atoms with Crippen LogP contribution >= 0.6 is 0 Å². The maximum absolute atomic E-state index is 10.8. The molecule has 19 heavy (non-hydrogen) atoms. The van der Waals surface area contributed by atoms with Gasteiger partial charge in [0.2, 0.25) is 0 Å². The van der Waals surface area contributed by atoms with Crippen molar-refractivity contribution in [2.45, 2.75) is 60.0 Å². The zero-order valence-electron chi connectivity index (χ0n) is 13.8. The molecule has 0 saturated carbocycles. The second-order valence-electron chi connectivity index (χ2n) is 5.54. The van der Waals surface area contributed by atoms with Crippen molar-refractivity contribution >= 4 is 55.2 Å². The Morgan fingerprint density at radius 3 is 1.16 bits per heavy atom. The van der Waals surface area contributed by atoms with Gasteiger partial charge in [0.15, 0.2) is 0 Å². The van der Waals surface area contributed by atoms with Gasteiger partial charge >= 0.3 is 130 Å². The molecule has 0 amide bonds. The SMILES string of the molecule is CC(=O)[O][Pb]([CH3])([CH3])[CH3].C[CH2][Pb]([CH2]C)([CH2]C)[O]C(C)=O. The van der Waals surface area contributed by atoms with Gasteiger partial charge < -0.3 is 0 Å². The Hall–Kier alpha value is 0.784. The van der Waals surface area contributed by atoms with Crippen LogP contribution < -0.4 is 0 Å². The summed E-state index contributed by atoms with van der Waals surface area (Å²) in [6.45, 7) is 9.44. The summed E-state index contributed by atoms with van der Waals surface area (Å²) in [4.78, 5) is 21.1. The van der Waals surface area contributed by atoms with Crippen LogP contribution in [0.3, 0.4) is 0 Å². The molecule has 0 rings (SSSR count). The minimum absolute atomic E-state index is 0.0720. The van der Waals surface area contributed by atoms with Crippen molar-refractivity contribution in [3.63, 3.8) is 0 Å². The minimum atomic E-state index is -2.49. The van der Waals surface area contributed by atoms with E-state index in [-0.39, 0.29) is 11.9 Å². The monoisotopic (exact) mass is 666 g/mol. The third-order valence-corrected chi connectivity index (χ3v) is 24.1. The fourth-order valence-electron chi connectivity index (χ4n) is 1.70. The van der Waals surface area contributed by atoms with Crippen molar-refractivity contribution < 1.29 is 15.0 Å². The summed E-state index contributed by atoms with van der Waals surface area (Å²) >= 11 is -4.80. The first-order valence-electron chi connectivity index (χ1n) is 6.91. The summed E-state index contributed by atoms with van der Waals surface area (Å²) in [5.74, 6) is -0.198. The summed E-state index contributed by atoms with van der Waals surface area (Å²) in [5.41, 5.74) is 0. The van der Waals surface area contributed by atoms with E-state index in [0.717, 1.165) is 11.9 Å². The quantitative estimate of drug-likeness (QED) is 0.419. The van der Waals surface area contributed by atoms with Crippen molar-refractivity contribution in [2.24, 2.45) is 0 Å². The van der Waals surface area contributed by atoms with Gasteiger partial charge in [-0.25, -0.2) is 0 Å². The normalized spacial score (nSPS) is 11.2. The second-order valence-corrected chi connectivity index (χ2v) is 41.0. The standard InChI is InChI=1S/2C2H4O2.3C2H5.3CH3.2Pb/c2*1-2(3)4;3*1-2;;;;;/h2*1H3,(H,3,4);3*1H2,2H3;3*1H3;;/q;;;;;;;;2*+1/p-2. The predicted molar refractivity (Wildman–Crippen MR) is 84.1 cm³/mol. The molecule has 0 aromatic heterocycles. The van der Waals surface area contributed by atoms with E-state index < -0.39 is 43.3 Å². The van der Waals surface area contributed by atoms with E-state index in [0.29, 0.717) is 0 Å². The third-order valence-electron chi connectivity index (χ3n) is 2.74. The Labute approximate surface area is 129 Å². The van der Waals surface area contributed by atoms with Crippen LogP contribution in [-0.2, 0) is 15.0 Å². The van der Waals surface area contributed by atoms with Crippen LogP contribution in [0.4, 0.5) is 0 Å². The van der Waals surface area contributed by atoms with E-state index in [1.54, 1.807) is 0 Å². The Kier molecular flexibility index (Phi) is 12.2. The van der Waals surface area contributed by atoms with Gasteiger partial charge in [0.25, 0.3) is 0 Å². The molecule has 0 aliphatic carbocycles. The molecular weight excluding hydrogens is 635 g/mol. The molecule has 0 bridgehead atoms. The predicted octanol–water partition coefficient (Wildman–Crippen LogP) is 3.94. The fraction of sp³-hybridized carbons (Fsp3) is 0.846. The van der Waals surface area contributed by atoms with Crippen molar-refractivity contribution in [3.05, 3.63) is 0 Å². The second kappa shape index (κ2) is 10.5. The molecule has 0 heterocycles. The molecule has 114 valence electrons. The van der Waals surface area contributed by atoms with Crippen LogP contribution in [0.2, 0.25) is 25.4 Å². The van der Waals surface area contributed by atoms with E-state index in [4.69, 9.17) is 5.37 Å². The van der Waals surface area contributed by atoms with E-state index >= 15 is 0 Å². The molecular formula is C13H30O4Pb2. The van der Waals surface area contributed by atoms with Gasteiger partial charge in [0.1, 0.15) is 0 Å². The molecule has 0 aromatic carbocycles. The summed E-state index contributed by atoms with van der Waals surface area (Å²) in [7, 11) is 0. The molecule has 0 fully saturated rings. The Balaban J connectivity index is 0. The van der Waals surface area contributed by atoms with Gasteiger partial charge in [-0.05, 0) is 0 Å². The van der Waals surface area contributed by atoms with Crippen molar-refractivity contribution in [2.75, 3.05) is 0 Å². The van der Waals surface area contributed by atoms with Gasteiger partial charge in [0.05, 0.1) is 0 Å². The summed E-state index contributed by atoms with van der Waals surface area (Å²) in [5, 5.41) is 0. The number of carbonyl (C=O) groups excluding carboxylic acids is 2. The first-order chi connectivity index (χ1) is 8.51. The molecule has 0 atom stereocenters. The molecule has 0 saturated heterocycles. The van der Waals surface area contributed by atoms with E-state index in [9.17, 15) is 9.59 Å². The van der Waals surface area contributed by atoms with Gasteiger partial charge in [-0.2, -0.15) is 0 Å². The summed E-state index contributed by atoms with van der Waals surface area (Å²) < 4.78 is 20.1. The van der Waals surface area contributed by atoms with Crippen LogP contribution in [0, 0.1) is 0 Å². The summed E-state index contributed by atoms with van der Waals surface area (Å²) in [6.07, 6.45) is 0. The molecule has 0 spiro atoms. The Bertz CT molecular complexity index is 273. The topological polar surface area (TPSA) is 52.6 Å². The van der Waals surface area contributed by atoms with E-state index in [2.05, 4.69) is 34.2 Å². The zero-order chi connectivity index (χ0) is 15.7. The van der Waals surface area contributed by atoms with Crippen LogP contribution in [0.5, 0.6) is 0 Å². The van der Waals surface area contributed by atoms with Crippen molar-refractivity contribution in [1.82, 2.24) is 0 Å². The van der Waals surface area contributed by atoms with Gasteiger partial charge in [-0.3, -0.25) is 0 Å². The van der Waals surface area contributed by atoms with Crippen molar-refractivity contribution in [3.8, 4) is 0 Å². The number of rotatable bonds is 5. The van der Waals surface area contributed by atoms with Crippen LogP contribution in [0.15, 0.2) is 0 Å². The number of hydrogen-bond donors (Lipinski definition) is 0. The molecule has 0 N–H and O–H groups in total. The van der Waals surface area contributed by atoms with Crippen LogP contribution in [-0.4, -0.2) is 55.2 Å². The molecule has 4 nitrogen and oxygen atoms in total. The first kappa shape index (κ1) is 22.1. The van der Waals surface area contributed by atoms with Crippen molar-refractivity contribution in [1.29, 1.82) is 0 Å². The molecule has 0 radical (unpaired) electrons. The molecule has 0 aromatic rings. The third kappa shape index (κ3) is 13.5. The molecule has 6 heteroatoms. The zero-order valence-corrected chi connectivity index (χ0v) is 21.5. The first-order valence-corrected chi connectivity index (χ1v) is 30.0. The van der Waals surface area contributed by atoms with Gasteiger partial charge in [-0.15, -0.1) is 0 Å². The van der Waals surface area contributed by atoms with Crippen LogP contribution in [0.1, 0.15) is 34.6 Å². The molecule has 0 unspecified atom stereocenters. The number of hydrogen-bond acceptors (Lipinski definition) is 4. The van der Waals surface area contributed by atoms with E-state index in [1.165, 1.54) is 13.8 Å². The maximum atomic E-state index is 10.8.